The third-order valence-corrected chi connectivity index (χ3v) is 3.01. The molecule has 1 unspecified atom stereocenters. The van der Waals surface area contributed by atoms with Gasteiger partial charge in [-0.3, -0.25) is 0 Å². The smallest absolute Gasteiger partial charge is 0.160 e. The maximum atomic E-state index is 13.1. The standard InChI is InChI=1S/C7H6BrFOS/c1-4-2-3-5(8)7(11-10)6(4)9/h2-3,6H,1H3. The van der Waals surface area contributed by atoms with Crippen LogP contribution < -0.4 is 0 Å². The summed E-state index contributed by atoms with van der Waals surface area (Å²) in [6, 6.07) is 0. The van der Waals surface area contributed by atoms with E-state index in [0.29, 0.717) is 10.1 Å². The fourth-order valence-corrected chi connectivity index (χ4v) is 1.73. The lowest BCUT2D eigenvalue weighted by molar-refractivity contribution is 0.476. The molecule has 0 saturated carbocycles. The zero-order valence-corrected chi connectivity index (χ0v) is 8.21. The van der Waals surface area contributed by atoms with Gasteiger partial charge in [-0.15, -0.1) is 0 Å². The molecule has 0 amide bonds. The van der Waals surface area contributed by atoms with Crippen molar-refractivity contribution >= 4 is 32.1 Å². The molecule has 60 valence electrons. The van der Waals surface area contributed by atoms with Gasteiger partial charge in [0.2, 0.25) is 0 Å². The minimum absolute atomic E-state index is 0.201. The third kappa shape index (κ3) is 1.68. The van der Waals surface area contributed by atoms with Crippen LogP contribution in [0.2, 0.25) is 0 Å². The molecule has 0 N–H and O–H groups in total. The van der Waals surface area contributed by atoms with Gasteiger partial charge in [-0.25, -0.2) is 8.60 Å². The van der Waals surface area contributed by atoms with Gasteiger partial charge in [0, 0.05) is 4.48 Å². The topological polar surface area (TPSA) is 17.1 Å². The van der Waals surface area contributed by atoms with Gasteiger partial charge >= 0.3 is 0 Å². The Labute approximate surface area is 76.2 Å². The molecule has 0 saturated heterocycles. The molecular weight excluding hydrogens is 231 g/mol. The van der Waals surface area contributed by atoms with Crippen LogP contribution in [0.5, 0.6) is 0 Å². The highest BCUT2D eigenvalue weighted by molar-refractivity contribution is 9.12. The second kappa shape index (κ2) is 3.45. The minimum Gasteiger partial charge on any atom is -0.236 e. The fourth-order valence-electron chi connectivity index (χ4n) is 0.781. The van der Waals surface area contributed by atoms with E-state index < -0.39 is 6.17 Å². The maximum Gasteiger partial charge on any atom is 0.160 e. The molecule has 1 rings (SSSR count). The van der Waals surface area contributed by atoms with Crippen molar-refractivity contribution in [3.8, 4) is 0 Å². The SMILES string of the molecule is CC1=CC=C(Br)C(=S=O)C1F. The molecule has 0 heterocycles. The second-order valence-electron chi connectivity index (χ2n) is 2.24. The van der Waals surface area contributed by atoms with Gasteiger partial charge in [0.25, 0.3) is 0 Å². The predicted octanol–water partition coefficient (Wildman–Crippen LogP) is 1.95. The van der Waals surface area contributed by atoms with Gasteiger partial charge in [-0.05, 0) is 34.5 Å². The first-order valence-corrected chi connectivity index (χ1v) is 4.55. The van der Waals surface area contributed by atoms with Crippen LogP contribution in [0.25, 0.3) is 0 Å². The molecule has 1 aliphatic rings. The molecule has 1 nitrogen and oxygen atoms in total. The van der Waals surface area contributed by atoms with E-state index in [1.54, 1.807) is 19.1 Å². The molecule has 0 aliphatic heterocycles. The van der Waals surface area contributed by atoms with E-state index in [1.807, 2.05) is 0 Å². The van der Waals surface area contributed by atoms with E-state index in [0.717, 1.165) is 0 Å². The monoisotopic (exact) mass is 236 g/mol. The first kappa shape index (κ1) is 8.87. The summed E-state index contributed by atoms with van der Waals surface area (Å²) in [6.45, 7) is 1.66. The molecule has 0 fully saturated rings. The molecule has 0 bridgehead atoms. The molecule has 11 heavy (non-hydrogen) atoms. The van der Waals surface area contributed by atoms with Crippen molar-refractivity contribution < 1.29 is 8.60 Å². The number of hydrogen-bond donors (Lipinski definition) is 0. The Bertz CT molecular complexity index is 289. The number of allylic oxidation sites excluding steroid dienone is 4. The van der Waals surface area contributed by atoms with Crippen molar-refractivity contribution in [1.29, 1.82) is 0 Å². The Morgan fingerprint density at radius 1 is 1.64 bits per heavy atom. The number of halogens is 2. The van der Waals surface area contributed by atoms with Gasteiger partial charge < -0.3 is 0 Å². The predicted molar refractivity (Wildman–Crippen MR) is 48.8 cm³/mol. The summed E-state index contributed by atoms with van der Waals surface area (Å²) in [7, 11) is 0. The minimum atomic E-state index is -1.23. The van der Waals surface area contributed by atoms with Crippen molar-refractivity contribution in [2.75, 3.05) is 0 Å². The summed E-state index contributed by atoms with van der Waals surface area (Å²) in [4.78, 5) is 0.213. The highest BCUT2D eigenvalue weighted by Gasteiger charge is 2.21. The van der Waals surface area contributed by atoms with E-state index in [9.17, 15) is 8.60 Å². The summed E-state index contributed by atoms with van der Waals surface area (Å²) >= 11 is 3.30. The Balaban J connectivity index is 3.13. The van der Waals surface area contributed by atoms with E-state index >= 15 is 0 Å². The molecule has 1 aliphatic carbocycles. The summed E-state index contributed by atoms with van der Waals surface area (Å²) in [5.74, 6) is 0. The van der Waals surface area contributed by atoms with E-state index in [2.05, 4.69) is 15.9 Å². The van der Waals surface area contributed by atoms with Crippen LogP contribution >= 0.6 is 15.9 Å². The number of alkyl halides is 1. The van der Waals surface area contributed by atoms with Crippen molar-refractivity contribution in [3.63, 3.8) is 0 Å². The summed E-state index contributed by atoms with van der Waals surface area (Å²) in [6.07, 6.45) is 2.12. The van der Waals surface area contributed by atoms with Crippen molar-refractivity contribution in [3.05, 3.63) is 22.2 Å². The number of rotatable bonds is 0. The lowest BCUT2D eigenvalue weighted by Gasteiger charge is -2.12. The van der Waals surface area contributed by atoms with Gasteiger partial charge in [-0.2, -0.15) is 0 Å². The maximum absolute atomic E-state index is 13.1. The van der Waals surface area contributed by atoms with Crippen LogP contribution in [0, 0.1) is 0 Å². The van der Waals surface area contributed by atoms with Crippen LogP contribution in [0.4, 0.5) is 4.39 Å². The van der Waals surface area contributed by atoms with Crippen LogP contribution in [-0.4, -0.2) is 15.2 Å². The van der Waals surface area contributed by atoms with Crippen LogP contribution in [0.3, 0.4) is 0 Å². The summed E-state index contributed by atoms with van der Waals surface area (Å²) in [5.41, 5.74) is 0.576. The Morgan fingerprint density at radius 3 is 2.73 bits per heavy atom. The Hall–Kier alpha value is -0.220. The van der Waals surface area contributed by atoms with Crippen LogP contribution in [-0.2, 0) is 11.3 Å². The van der Waals surface area contributed by atoms with Gasteiger partial charge in [0.1, 0.15) is 0 Å². The molecule has 1 atom stereocenters. The van der Waals surface area contributed by atoms with E-state index in [1.165, 1.54) is 0 Å². The van der Waals surface area contributed by atoms with Crippen molar-refractivity contribution in [1.82, 2.24) is 0 Å². The molecule has 0 spiro atoms. The highest BCUT2D eigenvalue weighted by atomic mass is 79.9. The summed E-state index contributed by atoms with van der Waals surface area (Å²) < 4.78 is 24.0. The molecular formula is C7H6BrFOS. The van der Waals surface area contributed by atoms with Crippen molar-refractivity contribution in [2.45, 2.75) is 13.1 Å². The van der Waals surface area contributed by atoms with Crippen LogP contribution in [0.15, 0.2) is 22.2 Å². The largest absolute Gasteiger partial charge is 0.236 e. The molecule has 0 aromatic carbocycles. The van der Waals surface area contributed by atoms with Gasteiger partial charge in [0.05, 0.1) is 16.1 Å². The number of hydrogen-bond acceptors (Lipinski definition) is 1. The zero-order valence-electron chi connectivity index (χ0n) is 5.80. The molecule has 0 radical (unpaired) electrons. The molecule has 0 aromatic heterocycles. The Morgan fingerprint density at radius 2 is 2.27 bits per heavy atom. The van der Waals surface area contributed by atoms with E-state index in [-0.39, 0.29) is 16.1 Å². The third-order valence-electron chi connectivity index (χ3n) is 1.45. The molecule has 4 heteroatoms. The fraction of sp³-hybridized carbons (Fsp3) is 0.286. The van der Waals surface area contributed by atoms with Gasteiger partial charge in [-0.1, -0.05) is 6.08 Å². The highest BCUT2D eigenvalue weighted by Crippen LogP contribution is 2.22. The second-order valence-corrected chi connectivity index (χ2v) is 3.70. The molecule has 0 aromatic rings. The zero-order chi connectivity index (χ0) is 8.43. The normalized spacial score (nSPS) is 24.3. The lowest BCUT2D eigenvalue weighted by atomic mass is 10.1. The summed E-state index contributed by atoms with van der Waals surface area (Å²) in [5, 5.41) is 0. The van der Waals surface area contributed by atoms with E-state index in [4.69, 9.17) is 0 Å². The average molecular weight is 237 g/mol. The van der Waals surface area contributed by atoms with Gasteiger partial charge in [0.15, 0.2) is 6.17 Å². The quantitative estimate of drug-likeness (QED) is 0.588. The van der Waals surface area contributed by atoms with Crippen molar-refractivity contribution in [2.24, 2.45) is 0 Å². The lowest BCUT2D eigenvalue weighted by Crippen LogP contribution is -2.19. The average Bonchev–Trinajstić information content (AvgIpc) is 1.99. The Kier molecular flexibility index (Phi) is 2.78. The first-order valence-electron chi connectivity index (χ1n) is 3.02. The van der Waals surface area contributed by atoms with Crippen LogP contribution in [0.1, 0.15) is 6.92 Å². The first-order chi connectivity index (χ1) is 5.16.